The van der Waals surface area contributed by atoms with Crippen molar-refractivity contribution < 1.29 is 4.79 Å². The van der Waals surface area contributed by atoms with Crippen molar-refractivity contribution in [1.29, 1.82) is 0 Å². The second-order valence-corrected chi connectivity index (χ2v) is 4.26. The van der Waals surface area contributed by atoms with Gasteiger partial charge in [0.2, 0.25) is 0 Å². The van der Waals surface area contributed by atoms with Crippen LogP contribution in [0.2, 0.25) is 0 Å². The monoisotopic (exact) mass is 281 g/mol. The van der Waals surface area contributed by atoms with Crippen LogP contribution in [0.1, 0.15) is 61.1 Å². The smallest absolute Gasteiger partial charge is 0.135 e. The number of pyridine rings is 1. The number of carbonyl (C=O) groups is 1. The molecule has 0 bridgehead atoms. The summed E-state index contributed by atoms with van der Waals surface area (Å²) < 4.78 is 0. The average molecular weight is 281 g/mol. The Morgan fingerprint density at radius 1 is 1.25 bits per heavy atom. The van der Waals surface area contributed by atoms with Crippen LogP contribution in [0.15, 0.2) is 37.6 Å². The lowest BCUT2D eigenvalue weighted by Crippen LogP contribution is -2.19. The first kappa shape index (κ1) is 27.0. The van der Waals surface area contributed by atoms with Gasteiger partial charge < -0.3 is 0 Å². The molecule has 0 N–H and O–H groups in total. The fourth-order valence-electron chi connectivity index (χ4n) is 0.697. The predicted octanol–water partition coefficient (Wildman–Crippen LogP) is 5.87. The highest BCUT2D eigenvalue weighted by atomic mass is 16.1. The first-order chi connectivity index (χ1) is 8.90. The Balaban J connectivity index is -0.0000000986. The molecule has 0 aromatic carbocycles. The van der Waals surface area contributed by atoms with Gasteiger partial charge in [0.1, 0.15) is 5.78 Å². The van der Waals surface area contributed by atoms with Gasteiger partial charge in [-0.2, -0.15) is 0 Å². The number of Topliss-reactive ketones (excluding diaryl/α,β-unsaturated/α-hetero) is 1. The number of hydrogen-bond acceptors (Lipinski definition) is 2. The quantitative estimate of drug-likeness (QED) is 0.635. The molecule has 0 fully saturated rings. The molecule has 2 heteroatoms. The standard InChI is InChI=1S/C7H14O.C6H7N.C2H6.C2H4.CH4/c1-5-7(3,4)6(2)8;1-6-4-2-3-5-7-6;2*1-2;/h5H2,1-4H3;2-5H,1H3;1-2H3;1-2H2;1H4. The van der Waals surface area contributed by atoms with E-state index >= 15 is 0 Å². The van der Waals surface area contributed by atoms with Crippen molar-refractivity contribution in [2.45, 2.75) is 62.3 Å². The predicted molar refractivity (Wildman–Crippen MR) is 93.1 cm³/mol. The van der Waals surface area contributed by atoms with E-state index < -0.39 is 0 Å². The average Bonchev–Trinajstić information content (AvgIpc) is 2.44. The van der Waals surface area contributed by atoms with E-state index in [2.05, 4.69) is 18.1 Å². The van der Waals surface area contributed by atoms with Crippen LogP contribution in [0.5, 0.6) is 0 Å². The zero-order valence-electron chi connectivity index (χ0n) is 13.8. The summed E-state index contributed by atoms with van der Waals surface area (Å²) in [6.07, 6.45) is 2.72. The molecular formula is C18H35NO. The Kier molecular flexibility index (Phi) is 23.7. The first-order valence-electron chi connectivity index (χ1n) is 6.79. The van der Waals surface area contributed by atoms with Crippen LogP contribution >= 0.6 is 0 Å². The van der Waals surface area contributed by atoms with E-state index in [0.29, 0.717) is 0 Å². The van der Waals surface area contributed by atoms with E-state index in [1.54, 1.807) is 13.1 Å². The molecule has 0 aliphatic heterocycles. The van der Waals surface area contributed by atoms with Gasteiger partial charge in [-0.25, -0.2) is 0 Å². The van der Waals surface area contributed by atoms with Crippen LogP contribution in [-0.2, 0) is 4.79 Å². The Bertz CT molecular complexity index is 304. The van der Waals surface area contributed by atoms with Crippen LogP contribution in [-0.4, -0.2) is 10.8 Å². The summed E-state index contributed by atoms with van der Waals surface area (Å²) in [6.45, 7) is 19.6. The number of rotatable bonds is 2. The van der Waals surface area contributed by atoms with Gasteiger partial charge in [0.15, 0.2) is 0 Å². The molecule has 0 amide bonds. The first-order valence-corrected chi connectivity index (χ1v) is 6.79. The van der Waals surface area contributed by atoms with Gasteiger partial charge in [0, 0.05) is 17.3 Å². The van der Waals surface area contributed by atoms with Crippen LogP contribution in [0.3, 0.4) is 0 Å². The minimum atomic E-state index is -0.0972. The lowest BCUT2D eigenvalue weighted by Gasteiger charge is -2.17. The van der Waals surface area contributed by atoms with E-state index in [4.69, 9.17) is 0 Å². The molecule has 0 aliphatic rings. The second-order valence-electron chi connectivity index (χ2n) is 4.26. The highest BCUT2D eigenvalue weighted by molar-refractivity contribution is 5.81. The number of aromatic nitrogens is 1. The summed E-state index contributed by atoms with van der Waals surface area (Å²) in [6, 6.07) is 5.86. The molecule has 1 aromatic rings. The molecule has 118 valence electrons. The lowest BCUT2D eigenvalue weighted by molar-refractivity contribution is -0.124. The Hall–Kier alpha value is -1.44. The van der Waals surface area contributed by atoms with Crippen molar-refractivity contribution in [3.63, 3.8) is 0 Å². The van der Waals surface area contributed by atoms with E-state index in [9.17, 15) is 4.79 Å². The van der Waals surface area contributed by atoms with E-state index in [1.165, 1.54) is 0 Å². The van der Waals surface area contributed by atoms with Crippen LogP contribution in [0, 0.1) is 12.3 Å². The molecule has 0 radical (unpaired) electrons. The fraction of sp³-hybridized carbons (Fsp3) is 0.556. The Morgan fingerprint density at radius 2 is 1.70 bits per heavy atom. The van der Waals surface area contributed by atoms with Crippen LogP contribution in [0.4, 0.5) is 0 Å². The van der Waals surface area contributed by atoms with Crippen molar-refractivity contribution >= 4 is 5.78 Å². The maximum Gasteiger partial charge on any atom is 0.135 e. The zero-order valence-corrected chi connectivity index (χ0v) is 13.8. The van der Waals surface area contributed by atoms with Gasteiger partial charge in [-0.15, -0.1) is 13.2 Å². The minimum absolute atomic E-state index is 0. The van der Waals surface area contributed by atoms with Gasteiger partial charge in [0.05, 0.1) is 0 Å². The molecule has 0 aliphatic carbocycles. The number of nitrogens with zero attached hydrogens (tertiary/aromatic N) is 1. The van der Waals surface area contributed by atoms with Crippen molar-refractivity contribution in [3.05, 3.63) is 43.2 Å². The SMILES string of the molecule is C.C=C.CC.CCC(C)(C)C(C)=O.Cc1ccccn1. The molecule has 0 spiro atoms. The van der Waals surface area contributed by atoms with Crippen LogP contribution in [0.25, 0.3) is 0 Å². The third-order valence-corrected chi connectivity index (χ3v) is 2.65. The minimum Gasteiger partial charge on any atom is -0.299 e. The van der Waals surface area contributed by atoms with Gasteiger partial charge in [0.25, 0.3) is 0 Å². The fourth-order valence-corrected chi connectivity index (χ4v) is 0.697. The Labute approximate surface area is 127 Å². The maximum absolute atomic E-state index is 10.7. The van der Waals surface area contributed by atoms with Gasteiger partial charge in [-0.05, 0) is 32.4 Å². The summed E-state index contributed by atoms with van der Waals surface area (Å²) in [5.41, 5.74) is 0.975. The maximum atomic E-state index is 10.7. The molecular weight excluding hydrogens is 246 g/mol. The molecule has 0 unspecified atom stereocenters. The van der Waals surface area contributed by atoms with Crippen molar-refractivity contribution in [2.24, 2.45) is 5.41 Å². The van der Waals surface area contributed by atoms with Gasteiger partial charge in [-0.1, -0.05) is 48.1 Å². The number of hydrogen-bond donors (Lipinski definition) is 0. The highest BCUT2D eigenvalue weighted by Gasteiger charge is 2.19. The molecule has 0 saturated carbocycles. The van der Waals surface area contributed by atoms with E-state index in [-0.39, 0.29) is 18.6 Å². The second kappa shape index (κ2) is 17.6. The summed E-state index contributed by atoms with van der Waals surface area (Å²) in [4.78, 5) is 14.7. The normalized spacial score (nSPS) is 8.15. The Morgan fingerprint density at radius 3 is 1.80 bits per heavy atom. The third-order valence-electron chi connectivity index (χ3n) is 2.65. The summed E-state index contributed by atoms with van der Waals surface area (Å²) in [7, 11) is 0. The summed E-state index contributed by atoms with van der Waals surface area (Å²) in [5, 5.41) is 0. The van der Waals surface area contributed by atoms with Crippen molar-refractivity contribution in [2.75, 3.05) is 0 Å². The number of carbonyl (C=O) groups excluding carboxylic acids is 1. The molecule has 1 aromatic heterocycles. The van der Waals surface area contributed by atoms with E-state index in [0.717, 1.165) is 12.1 Å². The topological polar surface area (TPSA) is 30.0 Å². The number of ketones is 1. The van der Waals surface area contributed by atoms with Crippen LogP contribution < -0.4 is 0 Å². The van der Waals surface area contributed by atoms with Crippen molar-refractivity contribution in [1.82, 2.24) is 4.98 Å². The molecule has 20 heavy (non-hydrogen) atoms. The molecule has 1 heterocycles. The largest absolute Gasteiger partial charge is 0.299 e. The van der Waals surface area contributed by atoms with Crippen molar-refractivity contribution in [3.8, 4) is 0 Å². The zero-order chi connectivity index (χ0) is 15.9. The summed E-state index contributed by atoms with van der Waals surface area (Å²) in [5.74, 6) is 0.278. The molecule has 0 saturated heterocycles. The number of aryl methyl sites for hydroxylation is 1. The molecule has 0 atom stereocenters. The summed E-state index contributed by atoms with van der Waals surface area (Å²) >= 11 is 0. The highest BCUT2D eigenvalue weighted by Crippen LogP contribution is 2.19. The third kappa shape index (κ3) is 16.6. The van der Waals surface area contributed by atoms with Gasteiger partial charge >= 0.3 is 0 Å². The lowest BCUT2D eigenvalue weighted by atomic mass is 9.86. The molecule has 2 nitrogen and oxygen atoms in total. The van der Waals surface area contributed by atoms with E-state index in [1.807, 2.05) is 59.7 Å². The van der Waals surface area contributed by atoms with Gasteiger partial charge in [-0.3, -0.25) is 9.78 Å². The molecule has 1 rings (SSSR count).